The van der Waals surface area contributed by atoms with E-state index in [0.717, 1.165) is 19.4 Å². The smallest absolute Gasteiger partial charge is 0.241 e. The molecule has 1 saturated heterocycles. The maximum atomic E-state index is 11.3. The number of hydrogen-bond donors (Lipinski definition) is 1. The largest absolute Gasteiger partial charge is 0.334 e. The minimum absolute atomic E-state index is 0.00169. The van der Waals surface area contributed by atoms with E-state index in [1.165, 1.54) is 0 Å². The van der Waals surface area contributed by atoms with Gasteiger partial charge in [-0.15, -0.1) is 0 Å². The van der Waals surface area contributed by atoms with E-state index in [4.69, 9.17) is 5.73 Å². The standard InChI is InChI=1S/C9H18N2O/c1-4-5-9(2,3)11-6-7(10)8(11)12/h7H,4-6,10H2,1-3H3. The molecule has 1 fully saturated rings. The molecule has 0 spiro atoms. The number of β-lactam (4-membered cyclic amide) rings is 1. The van der Waals surface area contributed by atoms with Gasteiger partial charge in [-0.3, -0.25) is 4.79 Å². The minimum atomic E-state index is -0.235. The van der Waals surface area contributed by atoms with Gasteiger partial charge in [0, 0.05) is 12.1 Å². The van der Waals surface area contributed by atoms with Crippen molar-refractivity contribution in [3.8, 4) is 0 Å². The van der Waals surface area contributed by atoms with Crippen LogP contribution in [0.3, 0.4) is 0 Å². The zero-order chi connectivity index (χ0) is 9.35. The van der Waals surface area contributed by atoms with E-state index >= 15 is 0 Å². The molecule has 0 saturated carbocycles. The lowest BCUT2D eigenvalue weighted by molar-refractivity contribution is -0.150. The van der Waals surface area contributed by atoms with Crippen LogP contribution in [0.5, 0.6) is 0 Å². The molecular weight excluding hydrogens is 152 g/mol. The van der Waals surface area contributed by atoms with Crippen LogP contribution >= 0.6 is 0 Å². The summed E-state index contributed by atoms with van der Waals surface area (Å²) in [6.07, 6.45) is 2.15. The first kappa shape index (κ1) is 9.52. The molecule has 1 aliphatic rings. The van der Waals surface area contributed by atoms with Gasteiger partial charge in [-0.1, -0.05) is 13.3 Å². The molecule has 1 atom stereocenters. The first-order chi connectivity index (χ1) is 5.49. The van der Waals surface area contributed by atoms with Crippen LogP contribution in [0.25, 0.3) is 0 Å². The lowest BCUT2D eigenvalue weighted by Gasteiger charge is -2.47. The number of likely N-dealkylation sites (tertiary alicyclic amines) is 1. The summed E-state index contributed by atoms with van der Waals surface area (Å²) in [7, 11) is 0. The maximum absolute atomic E-state index is 11.3. The number of rotatable bonds is 3. The molecule has 0 radical (unpaired) electrons. The summed E-state index contributed by atoms with van der Waals surface area (Å²) in [6.45, 7) is 7.05. The number of nitrogens with zero attached hydrogens (tertiary/aromatic N) is 1. The fraction of sp³-hybridized carbons (Fsp3) is 0.889. The van der Waals surface area contributed by atoms with Crippen molar-refractivity contribution in [1.82, 2.24) is 4.90 Å². The van der Waals surface area contributed by atoms with Gasteiger partial charge >= 0.3 is 0 Å². The average Bonchev–Trinajstić information content (AvgIpc) is 1.99. The van der Waals surface area contributed by atoms with Gasteiger partial charge < -0.3 is 10.6 Å². The monoisotopic (exact) mass is 170 g/mol. The number of carbonyl (C=O) groups excluding carboxylic acids is 1. The second-order valence-electron chi connectivity index (χ2n) is 4.12. The van der Waals surface area contributed by atoms with Crippen molar-refractivity contribution in [3.05, 3.63) is 0 Å². The van der Waals surface area contributed by atoms with Gasteiger partial charge in [-0.25, -0.2) is 0 Å². The third-order valence-electron chi connectivity index (χ3n) is 2.55. The average molecular weight is 170 g/mol. The van der Waals surface area contributed by atoms with E-state index in [9.17, 15) is 4.79 Å². The lowest BCUT2D eigenvalue weighted by Crippen LogP contribution is -2.67. The molecule has 0 aliphatic carbocycles. The zero-order valence-corrected chi connectivity index (χ0v) is 8.13. The zero-order valence-electron chi connectivity index (χ0n) is 8.13. The minimum Gasteiger partial charge on any atom is -0.334 e. The van der Waals surface area contributed by atoms with Crippen LogP contribution in [-0.4, -0.2) is 28.9 Å². The SMILES string of the molecule is CCCC(C)(C)N1CC(N)C1=O. The number of nitrogens with two attached hydrogens (primary N) is 1. The van der Waals surface area contributed by atoms with Crippen molar-refractivity contribution in [3.63, 3.8) is 0 Å². The Labute approximate surface area is 73.9 Å². The Morgan fingerprint density at radius 1 is 1.67 bits per heavy atom. The molecule has 3 nitrogen and oxygen atoms in total. The highest BCUT2D eigenvalue weighted by Crippen LogP contribution is 2.26. The molecule has 1 rings (SSSR count). The summed E-state index contributed by atoms with van der Waals surface area (Å²) < 4.78 is 0. The summed E-state index contributed by atoms with van der Waals surface area (Å²) in [5, 5.41) is 0. The van der Waals surface area contributed by atoms with Gasteiger partial charge in [0.25, 0.3) is 0 Å². The Balaban J connectivity index is 2.53. The Morgan fingerprint density at radius 3 is 2.58 bits per heavy atom. The highest BCUT2D eigenvalue weighted by atomic mass is 16.2. The molecular formula is C9H18N2O. The van der Waals surface area contributed by atoms with Crippen LogP contribution in [0.4, 0.5) is 0 Å². The number of amides is 1. The van der Waals surface area contributed by atoms with Crippen LogP contribution in [0.2, 0.25) is 0 Å². The van der Waals surface area contributed by atoms with Crippen LogP contribution in [0.15, 0.2) is 0 Å². The second-order valence-corrected chi connectivity index (χ2v) is 4.12. The Hall–Kier alpha value is -0.570. The third-order valence-corrected chi connectivity index (χ3v) is 2.55. The van der Waals surface area contributed by atoms with Crippen molar-refractivity contribution < 1.29 is 4.79 Å². The molecule has 1 aliphatic heterocycles. The summed E-state index contributed by atoms with van der Waals surface area (Å²) in [4.78, 5) is 13.2. The predicted molar refractivity (Wildman–Crippen MR) is 48.7 cm³/mol. The van der Waals surface area contributed by atoms with Crippen molar-refractivity contribution >= 4 is 5.91 Å². The molecule has 70 valence electrons. The van der Waals surface area contributed by atoms with Crippen molar-refractivity contribution in [2.75, 3.05) is 6.54 Å². The van der Waals surface area contributed by atoms with Crippen LogP contribution in [0, 0.1) is 0 Å². The molecule has 0 bridgehead atoms. The molecule has 1 amide bonds. The molecule has 2 N–H and O–H groups in total. The maximum Gasteiger partial charge on any atom is 0.241 e. The molecule has 0 aromatic heterocycles. The normalized spacial score (nSPS) is 24.2. The topological polar surface area (TPSA) is 46.3 Å². The van der Waals surface area contributed by atoms with E-state index in [-0.39, 0.29) is 17.5 Å². The van der Waals surface area contributed by atoms with E-state index in [0.29, 0.717) is 0 Å². The quantitative estimate of drug-likeness (QED) is 0.635. The summed E-state index contributed by atoms with van der Waals surface area (Å²) >= 11 is 0. The predicted octanol–water partition coefficient (Wildman–Crippen LogP) is 0.735. The Morgan fingerprint density at radius 2 is 2.25 bits per heavy atom. The number of hydrogen-bond acceptors (Lipinski definition) is 2. The lowest BCUT2D eigenvalue weighted by atomic mass is 9.91. The molecule has 1 heterocycles. The first-order valence-electron chi connectivity index (χ1n) is 4.56. The van der Waals surface area contributed by atoms with Crippen LogP contribution < -0.4 is 5.73 Å². The van der Waals surface area contributed by atoms with E-state index in [1.54, 1.807) is 0 Å². The van der Waals surface area contributed by atoms with E-state index in [2.05, 4.69) is 20.8 Å². The molecule has 1 unspecified atom stereocenters. The fourth-order valence-corrected chi connectivity index (χ4v) is 1.74. The van der Waals surface area contributed by atoms with Gasteiger partial charge in [0.05, 0.1) is 0 Å². The van der Waals surface area contributed by atoms with E-state index in [1.807, 2.05) is 4.90 Å². The number of carbonyl (C=O) groups is 1. The first-order valence-corrected chi connectivity index (χ1v) is 4.56. The van der Waals surface area contributed by atoms with Crippen LogP contribution in [-0.2, 0) is 4.79 Å². The van der Waals surface area contributed by atoms with Crippen molar-refractivity contribution in [2.24, 2.45) is 5.73 Å². The third kappa shape index (κ3) is 1.46. The second kappa shape index (κ2) is 3.05. The van der Waals surface area contributed by atoms with Gasteiger partial charge in [0.1, 0.15) is 6.04 Å². The molecule has 3 heteroatoms. The van der Waals surface area contributed by atoms with Gasteiger partial charge in [0.2, 0.25) is 5.91 Å². The Bertz CT molecular complexity index is 189. The summed E-state index contributed by atoms with van der Waals surface area (Å²) in [5.74, 6) is 0.105. The Kier molecular flexibility index (Phi) is 2.42. The van der Waals surface area contributed by atoms with Gasteiger partial charge in [0.15, 0.2) is 0 Å². The summed E-state index contributed by atoms with van der Waals surface area (Å²) in [5.41, 5.74) is 5.52. The molecule has 0 aromatic carbocycles. The van der Waals surface area contributed by atoms with Crippen molar-refractivity contribution in [2.45, 2.75) is 45.2 Å². The highest BCUT2D eigenvalue weighted by molar-refractivity contribution is 5.88. The summed E-state index contributed by atoms with van der Waals surface area (Å²) in [6, 6.07) is -0.235. The van der Waals surface area contributed by atoms with Gasteiger partial charge in [-0.05, 0) is 20.3 Å². The molecule has 0 aromatic rings. The van der Waals surface area contributed by atoms with Crippen LogP contribution in [0.1, 0.15) is 33.6 Å². The fourth-order valence-electron chi connectivity index (χ4n) is 1.74. The molecule has 12 heavy (non-hydrogen) atoms. The van der Waals surface area contributed by atoms with Gasteiger partial charge in [-0.2, -0.15) is 0 Å². The van der Waals surface area contributed by atoms with Crippen molar-refractivity contribution in [1.29, 1.82) is 0 Å². The highest BCUT2D eigenvalue weighted by Gasteiger charge is 2.41. The van der Waals surface area contributed by atoms with E-state index < -0.39 is 0 Å².